The Bertz CT molecular complexity index is 679. The van der Waals surface area contributed by atoms with Gasteiger partial charge in [0.1, 0.15) is 0 Å². The van der Waals surface area contributed by atoms with Gasteiger partial charge in [-0.05, 0) is 30.5 Å². The van der Waals surface area contributed by atoms with Crippen molar-refractivity contribution in [1.29, 1.82) is 0 Å². The molecule has 0 unspecified atom stereocenters. The average Bonchev–Trinajstić information content (AvgIpc) is 3.17. The fraction of sp³-hybridized carbons (Fsp3) is 0.417. The highest BCUT2D eigenvalue weighted by Crippen LogP contribution is 2.19. The topological polar surface area (TPSA) is 113 Å². The van der Waals surface area contributed by atoms with E-state index < -0.39 is 10.0 Å². The SMILES string of the molecule is O=S(=O)(NCc1nn[nH]n1)c1ccc(CNC2CC2)cc1. The van der Waals surface area contributed by atoms with E-state index in [4.69, 9.17) is 0 Å². The van der Waals surface area contributed by atoms with Crippen molar-refractivity contribution >= 4 is 10.0 Å². The first-order chi connectivity index (χ1) is 10.1. The molecule has 21 heavy (non-hydrogen) atoms. The van der Waals surface area contributed by atoms with Gasteiger partial charge >= 0.3 is 0 Å². The molecule has 1 aromatic heterocycles. The van der Waals surface area contributed by atoms with Gasteiger partial charge in [-0.3, -0.25) is 0 Å². The summed E-state index contributed by atoms with van der Waals surface area (Å²) in [7, 11) is -3.56. The van der Waals surface area contributed by atoms with Gasteiger partial charge < -0.3 is 5.32 Å². The number of nitrogens with zero attached hydrogens (tertiary/aromatic N) is 3. The van der Waals surface area contributed by atoms with Crippen LogP contribution in [0.1, 0.15) is 24.2 Å². The number of aromatic nitrogens is 4. The zero-order valence-corrected chi connectivity index (χ0v) is 12.1. The Morgan fingerprint density at radius 1 is 1.19 bits per heavy atom. The van der Waals surface area contributed by atoms with Crippen molar-refractivity contribution in [3.8, 4) is 0 Å². The monoisotopic (exact) mass is 308 g/mol. The van der Waals surface area contributed by atoms with Crippen molar-refractivity contribution in [3.05, 3.63) is 35.7 Å². The summed E-state index contributed by atoms with van der Waals surface area (Å²) in [6.07, 6.45) is 2.46. The average molecular weight is 308 g/mol. The van der Waals surface area contributed by atoms with E-state index in [9.17, 15) is 8.42 Å². The molecule has 112 valence electrons. The number of nitrogens with one attached hydrogen (secondary N) is 3. The normalized spacial score (nSPS) is 15.2. The maximum absolute atomic E-state index is 12.1. The second kappa shape index (κ2) is 5.88. The molecule has 1 aliphatic carbocycles. The fourth-order valence-corrected chi connectivity index (χ4v) is 2.82. The van der Waals surface area contributed by atoms with Crippen LogP contribution < -0.4 is 10.0 Å². The molecule has 0 bridgehead atoms. The van der Waals surface area contributed by atoms with Crippen molar-refractivity contribution in [1.82, 2.24) is 30.7 Å². The molecule has 9 heteroatoms. The Morgan fingerprint density at radius 2 is 1.95 bits per heavy atom. The molecular weight excluding hydrogens is 292 g/mol. The Labute approximate surface area is 122 Å². The minimum absolute atomic E-state index is 0.00379. The first-order valence-electron chi connectivity index (χ1n) is 6.68. The lowest BCUT2D eigenvalue weighted by molar-refractivity contribution is 0.579. The smallest absolute Gasteiger partial charge is 0.240 e. The van der Waals surface area contributed by atoms with E-state index in [1.54, 1.807) is 12.1 Å². The number of hydrogen-bond donors (Lipinski definition) is 3. The van der Waals surface area contributed by atoms with Gasteiger partial charge in [-0.25, -0.2) is 13.1 Å². The predicted molar refractivity (Wildman–Crippen MR) is 74.5 cm³/mol. The van der Waals surface area contributed by atoms with Gasteiger partial charge in [0.15, 0.2) is 5.82 Å². The van der Waals surface area contributed by atoms with Crippen molar-refractivity contribution in [2.75, 3.05) is 0 Å². The number of tetrazole rings is 1. The van der Waals surface area contributed by atoms with Gasteiger partial charge in [0.25, 0.3) is 0 Å². The Balaban J connectivity index is 1.61. The zero-order valence-electron chi connectivity index (χ0n) is 11.3. The molecule has 2 aromatic rings. The third-order valence-corrected chi connectivity index (χ3v) is 4.63. The highest BCUT2D eigenvalue weighted by Gasteiger charge is 2.20. The zero-order chi connectivity index (χ0) is 14.7. The molecule has 1 fully saturated rings. The number of H-pyrrole nitrogens is 1. The van der Waals surface area contributed by atoms with E-state index >= 15 is 0 Å². The van der Waals surface area contributed by atoms with Crippen LogP contribution in [0.5, 0.6) is 0 Å². The maximum Gasteiger partial charge on any atom is 0.240 e. The number of benzene rings is 1. The largest absolute Gasteiger partial charge is 0.310 e. The summed E-state index contributed by atoms with van der Waals surface area (Å²) >= 11 is 0. The molecule has 0 aliphatic heterocycles. The summed E-state index contributed by atoms with van der Waals surface area (Å²) in [6, 6.07) is 7.46. The van der Waals surface area contributed by atoms with Gasteiger partial charge in [-0.15, -0.1) is 10.2 Å². The molecule has 8 nitrogen and oxygen atoms in total. The summed E-state index contributed by atoms with van der Waals surface area (Å²) in [5, 5.41) is 16.4. The van der Waals surface area contributed by atoms with Crippen LogP contribution in [0.15, 0.2) is 29.2 Å². The van der Waals surface area contributed by atoms with Crippen LogP contribution in [0, 0.1) is 0 Å². The van der Waals surface area contributed by atoms with Gasteiger partial charge in [0, 0.05) is 12.6 Å². The molecule has 0 atom stereocenters. The van der Waals surface area contributed by atoms with Crippen LogP contribution in [0.2, 0.25) is 0 Å². The summed E-state index contributed by atoms with van der Waals surface area (Å²) in [5.74, 6) is 0.295. The van der Waals surface area contributed by atoms with Gasteiger partial charge in [0.05, 0.1) is 11.4 Å². The van der Waals surface area contributed by atoms with E-state index in [1.807, 2.05) is 12.1 Å². The molecule has 1 saturated carbocycles. The number of sulfonamides is 1. The van der Waals surface area contributed by atoms with Gasteiger partial charge in [-0.2, -0.15) is 5.21 Å². The van der Waals surface area contributed by atoms with Crippen LogP contribution in [-0.2, 0) is 23.1 Å². The summed E-state index contributed by atoms with van der Waals surface area (Å²) in [4.78, 5) is 0.223. The number of aromatic amines is 1. The second-order valence-corrected chi connectivity index (χ2v) is 6.72. The molecular formula is C12H16N6O2S. The Kier molecular flexibility index (Phi) is 3.95. The summed E-state index contributed by atoms with van der Waals surface area (Å²) in [5.41, 5.74) is 1.07. The molecule has 0 radical (unpaired) electrons. The maximum atomic E-state index is 12.1. The lowest BCUT2D eigenvalue weighted by Gasteiger charge is -2.07. The Hall–Kier alpha value is -1.84. The minimum Gasteiger partial charge on any atom is -0.310 e. The van der Waals surface area contributed by atoms with Gasteiger partial charge in [0.2, 0.25) is 10.0 Å². The predicted octanol–water partition coefficient (Wildman–Crippen LogP) is -0.0698. The molecule has 0 spiro atoms. The molecule has 3 rings (SSSR count). The first kappa shape index (κ1) is 14.1. The molecule has 0 saturated heterocycles. The first-order valence-corrected chi connectivity index (χ1v) is 8.16. The van der Waals surface area contributed by atoms with E-state index in [0.29, 0.717) is 11.9 Å². The second-order valence-electron chi connectivity index (χ2n) is 4.95. The third kappa shape index (κ3) is 3.84. The number of hydrogen-bond acceptors (Lipinski definition) is 6. The molecule has 0 amide bonds. The van der Waals surface area contributed by atoms with E-state index in [2.05, 4.69) is 30.7 Å². The quantitative estimate of drug-likeness (QED) is 0.660. The van der Waals surface area contributed by atoms with Crippen molar-refractivity contribution in [2.45, 2.75) is 36.9 Å². The minimum atomic E-state index is -3.56. The Morgan fingerprint density at radius 3 is 2.57 bits per heavy atom. The highest BCUT2D eigenvalue weighted by atomic mass is 32.2. The highest BCUT2D eigenvalue weighted by molar-refractivity contribution is 7.89. The van der Waals surface area contributed by atoms with Crippen LogP contribution in [0.25, 0.3) is 0 Å². The standard InChI is InChI=1S/C12H16N6O2S/c19-21(20,14-8-12-15-17-18-16-12)11-5-1-9(2-6-11)7-13-10-3-4-10/h1-2,5-6,10,13-14H,3-4,7-8H2,(H,15,16,17,18). The summed E-state index contributed by atoms with van der Waals surface area (Å²) in [6.45, 7) is 0.769. The number of rotatable bonds is 7. The van der Waals surface area contributed by atoms with E-state index in [0.717, 1.165) is 12.1 Å². The molecule has 3 N–H and O–H groups in total. The van der Waals surface area contributed by atoms with Crippen LogP contribution >= 0.6 is 0 Å². The van der Waals surface area contributed by atoms with Crippen LogP contribution in [-0.4, -0.2) is 35.1 Å². The van der Waals surface area contributed by atoms with Gasteiger partial charge in [-0.1, -0.05) is 17.3 Å². The van der Waals surface area contributed by atoms with E-state index in [1.165, 1.54) is 12.8 Å². The van der Waals surface area contributed by atoms with Crippen molar-refractivity contribution in [3.63, 3.8) is 0 Å². The lowest BCUT2D eigenvalue weighted by Crippen LogP contribution is -2.24. The molecule has 1 aromatic carbocycles. The fourth-order valence-electron chi connectivity index (χ4n) is 1.84. The lowest BCUT2D eigenvalue weighted by atomic mass is 10.2. The van der Waals surface area contributed by atoms with Crippen molar-refractivity contribution in [2.24, 2.45) is 0 Å². The molecule has 1 heterocycles. The van der Waals surface area contributed by atoms with Crippen molar-refractivity contribution < 1.29 is 8.42 Å². The molecule has 1 aliphatic rings. The van der Waals surface area contributed by atoms with E-state index in [-0.39, 0.29) is 11.4 Å². The van der Waals surface area contributed by atoms with Crippen LogP contribution in [0.3, 0.4) is 0 Å². The third-order valence-electron chi connectivity index (χ3n) is 3.22. The summed E-state index contributed by atoms with van der Waals surface area (Å²) < 4.78 is 26.6. The van der Waals surface area contributed by atoms with Crippen LogP contribution in [0.4, 0.5) is 0 Å².